The minimum Gasteiger partial charge on any atom is -0.396 e. The summed E-state index contributed by atoms with van der Waals surface area (Å²) in [5.74, 6) is -0.211. The van der Waals surface area contributed by atoms with Gasteiger partial charge in [-0.15, -0.1) is 0 Å². The molecule has 1 aliphatic carbocycles. The van der Waals surface area contributed by atoms with Gasteiger partial charge in [0.25, 0.3) is 5.91 Å². The van der Waals surface area contributed by atoms with Gasteiger partial charge in [-0.3, -0.25) is 4.79 Å². The molecule has 24 heavy (non-hydrogen) atoms. The fourth-order valence-electron chi connectivity index (χ4n) is 4.28. The molecule has 2 atom stereocenters. The molecule has 2 aromatic rings. The van der Waals surface area contributed by atoms with Gasteiger partial charge in [-0.2, -0.15) is 0 Å². The Hall–Kier alpha value is -2.36. The number of carbonyl (C=O) groups excluding carboxylic acids is 1. The number of carbonyl (C=O) groups is 1. The summed E-state index contributed by atoms with van der Waals surface area (Å²) in [5, 5.41) is 0. The molecule has 0 aromatic heterocycles. The van der Waals surface area contributed by atoms with Crippen molar-refractivity contribution in [2.24, 2.45) is 0 Å². The lowest BCUT2D eigenvalue weighted by atomic mass is 9.74. The minimum atomic E-state index is -0.525. The number of nitrogen functional groups attached to an aromatic ring is 1. The molecule has 0 spiro atoms. The fourth-order valence-corrected chi connectivity index (χ4v) is 4.28. The number of nitrogens with zero attached hydrogens (tertiary/aromatic N) is 1. The average Bonchev–Trinajstić information content (AvgIpc) is 2.62. The number of hydrogen-bond acceptors (Lipinski definition) is 2. The second-order valence-electron chi connectivity index (χ2n) is 6.79. The third-order valence-corrected chi connectivity index (χ3v) is 5.45. The average molecular weight is 324 g/mol. The molecule has 0 unspecified atom stereocenters. The van der Waals surface area contributed by atoms with Crippen LogP contribution in [0.25, 0.3) is 0 Å². The quantitative estimate of drug-likeness (QED) is 0.812. The zero-order valence-electron chi connectivity index (χ0n) is 13.5. The highest BCUT2D eigenvalue weighted by atomic mass is 19.1. The number of hydrogen-bond donors (Lipinski definition) is 1. The van der Waals surface area contributed by atoms with Gasteiger partial charge in [-0.05, 0) is 55.0 Å². The zero-order chi connectivity index (χ0) is 16.7. The van der Waals surface area contributed by atoms with E-state index in [1.54, 1.807) is 6.07 Å². The normalized spacial score (nSPS) is 22.6. The molecule has 1 heterocycles. The zero-order valence-corrected chi connectivity index (χ0v) is 13.5. The van der Waals surface area contributed by atoms with Crippen LogP contribution in [0.2, 0.25) is 0 Å². The molecular formula is C20H21FN2O. The van der Waals surface area contributed by atoms with Gasteiger partial charge in [0.1, 0.15) is 5.82 Å². The third-order valence-electron chi connectivity index (χ3n) is 5.45. The lowest BCUT2D eigenvalue weighted by Gasteiger charge is -2.45. The van der Waals surface area contributed by atoms with Crippen molar-refractivity contribution >= 4 is 11.6 Å². The summed E-state index contributed by atoms with van der Waals surface area (Å²) in [6, 6.07) is 13.1. The molecule has 2 N–H and O–H groups in total. The molecule has 0 radical (unpaired) electrons. The first kappa shape index (κ1) is 15.2. The monoisotopic (exact) mass is 324 g/mol. The Morgan fingerprint density at radius 2 is 2.00 bits per heavy atom. The highest BCUT2D eigenvalue weighted by molar-refractivity contribution is 5.95. The van der Waals surface area contributed by atoms with E-state index in [0.29, 0.717) is 11.5 Å². The van der Waals surface area contributed by atoms with Crippen molar-refractivity contribution in [3.8, 4) is 0 Å². The summed E-state index contributed by atoms with van der Waals surface area (Å²) < 4.78 is 13.7. The van der Waals surface area contributed by atoms with Crippen molar-refractivity contribution in [1.29, 1.82) is 0 Å². The summed E-state index contributed by atoms with van der Waals surface area (Å²) in [6.45, 7) is 0.744. The van der Waals surface area contributed by atoms with E-state index in [9.17, 15) is 9.18 Å². The van der Waals surface area contributed by atoms with Gasteiger partial charge in [0, 0.05) is 24.1 Å². The lowest BCUT2D eigenvalue weighted by molar-refractivity contribution is 0.0546. The van der Waals surface area contributed by atoms with Crippen molar-refractivity contribution in [2.45, 2.75) is 37.6 Å². The number of likely N-dealkylation sites (tertiary alicyclic amines) is 1. The van der Waals surface area contributed by atoms with E-state index in [0.717, 1.165) is 32.2 Å². The molecule has 4 heteroatoms. The number of anilines is 1. The maximum Gasteiger partial charge on any atom is 0.254 e. The molecular weight excluding hydrogens is 303 g/mol. The molecule has 3 nitrogen and oxygen atoms in total. The molecule has 1 fully saturated rings. The minimum absolute atomic E-state index is 0.0784. The Morgan fingerprint density at radius 1 is 1.17 bits per heavy atom. The van der Waals surface area contributed by atoms with Crippen LogP contribution in [0.4, 0.5) is 10.1 Å². The van der Waals surface area contributed by atoms with Crippen molar-refractivity contribution < 1.29 is 9.18 Å². The highest BCUT2D eigenvalue weighted by Crippen LogP contribution is 2.41. The van der Waals surface area contributed by atoms with Gasteiger partial charge in [0.15, 0.2) is 0 Å². The molecule has 1 aliphatic heterocycles. The van der Waals surface area contributed by atoms with Crippen LogP contribution in [-0.2, 0) is 6.42 Å². The van der Waals surface area contributed by atoms with Gasteiger partial charge in [-0.25, -0.2) is 4.39 Å². The predicted molar refractivity (Wildman–Crippen MR) is 92.4 cm³/mol. The standard InChI is InChI=1S/C20H21FN2O/c21-17-12-14(7-9-18(17)22)20(24)23-11-3-6-16-15-5-2-1-4-13(15)8-10-19(16)23/h1-2,4-5,7,9,12,16,19H,3,6,8,10-11,22H2/t16-,19+/m1/s1. The first-order valence-corrected chi connectivity index (χ1v) is 8.59. The first-order chi connectivity index (χ1) is 11.6. The van der Waals surface area contributed by atoms with Gasteiger partial charge in [-0.1, -0.05) is 24.3 Å². The Labute approximate surface area is 141 Å². The van der Waals surface area contributed by atoms with Crippen LogP contribution in [0.1, 0.15) is 46.7 Å². The maximum absolute atomic E-state index is 13.7. The van der Waals surface area contributed by atoms with E-state index in [-0.39, 0.29) is 17.6 Å². The molecule has 0 saturated carbocycles. The van der Waals surface area contributed by atoms with E-state index < -0.39 is 5.82 Å². The lowest BCUT2D eigenvalue weighted by Crippen LogP contribution is -2.49. The summed E-state index contributed by atoms with van der Waals surface area (Å²) in [6.07, 6.45) is 4.07. The molecule has 124 valence electrons. The number of aryl methyl sites for hydroxylation is 1. The van der Waals surface area contributed by atoms with E-state index >= 15 is 0 Å². The molecule has 2 aliphatic rings. The van der Waals surface area contributed by atoms with Crippen molar-refractivity contribution in [2.75, 3.05) is 12.3 Å². The summed E-state index contributed by atoms with van der Waals surface area (Å²) in [5.41, 5.74) is 8.79. The summed E-state index contributed by atoms with van der Waals surface area (Å²) in [7, 11) is 0. The second-order valence-corrected chi connectivity index (χ2v) is 6.79. The Balaban J connectivity index is 1.64. The highest BCUT2D eigenvalue weighted by Gasteiger charge is 2.38. The maximum atomic E-state index is 13.7. The van der Waals surface area contributed by atoms with Crippen LogP contribution < -0.4 is 5.73 Å². The van der Waals surface area contributed by atoms with Crippen LogP contribution in [0.5, 0.6) is 0 Å². The van der Waals surface area contributed by atoms with Gasteiger partial charge in [0.05, 0.1) is 5.69 Å². The number of rotatable bonds is 1. The van der Waals surface area contributed by atoms with Gasteiger partial charge < -0.3 is 10.6 Å². The molecule has 2 aromatic carbocycles. The Bertz CT molecular complexity index is 789. The summed E-state index contributed by atoms with van der Waals surface area (Å²) in [4.78, 5) is 14.9. The van der Waals surface area contributed by atoms with E-state index in [2.05, 4.69) is 24.3 Å². The molecule has 1 saturated heterocycles. The Morgan fingerprint density at radius 3 is 2.83 bits per heavy atom. The molecule has 1 amide bonds. The van der Waals surface area contributed by atoms with Crippen LogP contribution in [-0.4, -0.2) is 23.4 Å². The van der Waals surface area contributed by atoms with E-state index in [4.69, 9.17) is 5.73 Å². The van der Waals surface area contributed by atoms with Gasteiger partial charge >= 0.3 is 0 Å². The second kappa shape index (κ2) is 5.93. The number of benzene rings is 2. The predicted octanol–water partition coefficient (Wildman–Crippen LogP) is 3.74. The van der Waals surface area contributed by atoms with Crippen LogP contribution in [0, 0.1) is 5.82 Å². The largest absolute Gasteiger partial charge is 0.396 e. The molecule has 0 bridgehead atoms. The molecule has 4 rings (SSSR count). The Kier molecular flexibility index (Phi) is 3.75. The van der Waals surface area contributed by atoms with Crippen LogP contribution in [0.15, 0.2) is 42.5 Å². The van der Waals surface area contributed by atoms with E-state index in [1.807, 2.05) is 4.90 Å². The first-order valence-electron chi connectivity index (χ1n) is 8.59. The van der Waals surface area contributed by atoms with E-state index in [1.165, 1.54) is 23.3 Å². The third kappa shape index (κ3) is 2.46. The number of nitrogens with two attached hydrogens (primary N) is 1. The number of halogens is 1. The SMILES string of the molecule is Nc1ccc(C(=O)N2CCC[C@@H]3c4ccccc4CC[C@@H]32)cc1F. The summed E-state index contributed by atoms with van der Waals surface area (Å²) >= 11 is 0. The van der Waals surface area contributed by atoms with Crippen LogP contribution in [0.3, 0.4) is 0 Å². The fraction of sp³-hybridized carbons (Fsp3) is 0.350. The number of fused-ring (bicyclic) bond motifs is 3. The van der Waals surface area contributed by atoms with Crippen LogP contribution >= 0.6 is 0 Å². The number of amides is 1. The van der Waals surface area contributed by atoms with Crippen molar-refractivity contribution in [3.63, 3.8) is 0 Å². The smallest absolute Gasteiger partial charge is 0.254 e. The number of piperidine rings is 1. The van der Waals surface area contributed by atoms with Crippen molar-refractivity contribution in [1.82, 2.24) is 4.90 Å². The van der Waals surface area contributed by atoms with Gasteiger partial charge in [0.2, 0.25) is 0 Å². The topological polar surface area (TPSA) is 46.3 Å². The van der Waals surface area contributed by atoms with Crippen molar-refractivity contribution in [3.05, 3.63) is 65.0 Å².